The van der Waals surface area contributed by atoms with Gasteiger partial charge in [-0.1, -0.05) is 42.5 Å². The second-order valence-corrected chi connectivity index (χ2v) is 6.06. The first-order chi connectivity index (χ1) is 11.8. The van der Waals surface area contributed by atoms with E-state index >= 15 is 0 Å². The van der Waals surface area contributed by atoms with Crippen LogP contribution in [0.25, 0.3) is 16.6 Å². The summed E-state index contributed by atoms with van der Waals surface area (Å²) in [5.41, 5.74) is 5.52. The number of tetrazole rings is 1. The Labute approximate surface area is 140 Å². The number of aryl methyl sites for hydroxylation is 1. The molecule has 2 aromatic carbocycles. The number of aromatic nitrogens is 4. The monoisotopic (exact) mass is 317 g/mol. The Morgan fingerprint density at radius 1 is 1.04 bits per heavy atom. The molecule has 4 rings (SSSR count). The van der Waals surface area contributed by atoms with Crippen LogP contribution in [0.3, 0.4) is 0 Å². The lowest BCUT2D eigenvalue weighted by Gasteiger charge is -2.08. The first-order valence-electron chi connectivity index (χ1n) is 8.16. The van der Waals surface area contributed by atoms with Gasteiger partial charge in [0.2, 0.25) is 0 Å². The van der Waals surface area contributed by atoms with Crippen LogP contribution in [0.2, 0.25) is 0 Å². The highest BCUT2D eigenvalue weighted by molar-refractivity contribution is 5.83. The van der Waals surface area contributed by atoms with Gasteiger partial charge in [-0.2, -0.15) is 4.52 Å². The maximum Gasteiger partial charge on any atom is 0.184 e. The Kier molecular flexibility index (Phi) is 3.92. The van der Waals surface area contributed by atoms with Crippen LogP contribution < -0.4 is 5.32 Å². The molecular formula is C19H19N5. The van der Waals surface area contributed by atoms with Crippen LogP contribution >= 0.6 is 0 Å². The van der Waals surface area contributed by atoms with Crippen molar-refractivity contribution in [3.8, 4) is 0 Å². The molecule has 1 N–H and O–H groups in total. The van der Waals surface area contributed by atoms with E-state index in [2.05, 4.69) is 76.3 Å². The van der Waals surface area contributed by atoms with Crippen molar-refractivity contribution in [2.45, 2.75) is 19.9 Å². The zero-order valence-corrected chi connectivity index (χ0v) is 13.6. The molecular weight excluding hydrogens is 298 g/mol. The van der Waals surface area contributed by atoms with Crippen LogP contribution in [0.5, 0.6) is 0 Å². The fourth-order valence-electron chi connectivity index (χ4n) is 2.99. The van der Waals surface area contributed by atoms with Gasteiger partial charge in [0, 0.05) is 17.5 Å². The summed E-state index contributed by atoms with van der Waals surface area (Å²) in [6, 6.07) is 19.0. The van der Waals surface area contributed by atoms with E-state index in [-0.39, 0.29) is 0 Å². The van der Waals surface area contributed by atoms with Crippen molar-refractivity contribution in [3.05, 3.63) is 71.3 Å². The Morgan fingerprint density at radius 2 is 1.92 bits per heavy atom. The van der Waals surface area contributed by atoms with Gasteiger partial charge in [0.1, 0.15) is 0 Å². The molecule has 0 aliphatic carbocycles. The molecule has 0 aliphatic rings. The molecule has 0 amide bonds. The second-order valence-electron chi connectivity index (χ2n) is 6.06. The fourth-order valence-corrected chi connectivity index (χ4v) is 2.99. The lowest BCUT2D eigenvalue weighted by molar-refractivity contribution is 0.687. The van der Waals surface area contributed by atoms with Crippen LogP contribution in [-0.2, 0) is 13.0 Å². The lowest BCUT2D eigenvalue weighted by Crippen LogP contribution is -2.17. The summed E-state index contributed by atoms with van der Waals surface area (Å²) in [7, 11) is 0. The number of hydrogen-bond acceptors (Lipinski definition) is 4. The van der Waals surface area contributed by atoms with E-state index in [1.54, 1.807) is 0 Å². The molecule has 0 spiro atoms. The third-order valence-corrected chi connectivity index (χ3v) is 4.25. The summed E-state index contributed by atoms with van der Waals surface area (Å²) >= 11 is 0. The largest absolute Gasteiger partial charge is 0.312 e. The Hall–Kier alpha value is -2.79. The lowest BCUT2D eigenvalue weighted by atomic mass is 10.1. The normalized spacial score (nSPS) is 11.4. The number of pyridine rings is 1. The van der Waals surface area contributed by atoms with Crippen LogP contribution in [0, 0.1) is 6.92 Å². The van der Waals surface area contributed by atoms with Gasteiger partial charge in [-0.15, -0.1) is 5.10 Å². The van der Waals surface area contributed by atoms with Crippen LogP contribution in [-0.4, -0.2) is 26.6 Å². The molecule has 24 heavy (non-hydrogen) atoms. The molecule has 0 unspecified atom stereocenters. The molecule has 5 heteroatoms. The number of benzene rings is 2. The first-order valence-corrected chi connectivity index (χ1v) is 8.16. The Morgan fingerprint density at radius 3 is 2.79 bits per heavy atom. The van der Waals surface area contributed by atoms with Crippen LogP contribution in [0.4, 0.5) is 0 Å². The summed E-state index contributed by atoms with van der Waals surface area (Å²) in [5.74, 6) is 0. The third kappa shape index (κ3) is 2.86. The van der Waals surface area contributed by atoms with E-state index in [4.69, 9.17) is 0 Å². The van der Waals surface area contributed by atoms with Gasteiger partial charge in [0.25, 0.3) is 0 Å². The molecule has 5 nitrogen and oxygen atoms in total. The molecule has 2 aromatic heterocycles. The van der Waals surface area contributed by atoms with Gasteiger partial charge in [0.05, 0.1) is 5.52 Å². The maximum absolute atomic E-state index is 4.20. The molecule has 4 aromatic rings. The van der Waals surface area contributed by atoms with Crippen molar-refractivity contribution >= 4 is 16.6 Å². The number of nitrogens with zero attached hydrogens (tertiary/aromatic N) is 4. The zero-order chi connectivity index (χ0) is 16.4. The number of rotatable bonds is 5. The van der Waals surface area contributed by atoms with E-state index in [0.29, 0.717) is 0 Å². The minimum absolute atomic E-state index is 0.751. The number of hydrogen-bond donors (Lipinski definition) is 1. The zero-order valence-electron chi connectivity index (χ0n) is 13.6. The van der Waals surface area contributed by atoms with E-state index in [9.17, 15) is 0 Å². The minimum Gasteiger partial charge on any atom is -0.312 e. The molecule has 0 fully saturated rings. The Bertz CT molecular complexity index is 975. The molecule has 0 aliphatic heterocycles. The molecule has 0 saturated carbocycles. The molecule has 120 valence electrons. The maximum atomic E-state index is 4.20. The van der Waals surface area contributed by atoms with E-state index in [0.717, 1.165) is 41.6 Å². The second kappa shape index (κ2) is 6.37. The van der Waals surface area contributed by atoms with Gasteiger partial charge in [-0.25, -0.2) is 0 Å². The predicted octanol–water partition coefficient (Wildman–Crippen LogP) is 2.92. The molecule has 0 bridgehead atoms. The quantitative estimate of drug-likeness (QED) is 0.575. The highest BCUT2D eigenvalue weighted by atomic mass is 15.5. The first kappa shape index (κ1) is 14.8. The minimum atomic E-state index is 0.751. The van der Waals surface area contributed by atoms with Gasteiger partial charge in [-0.3, -0.25) is 0 Å². The van der Waals surface area contributed by atoms with Crippen molar-refractivity contribution in [1.29, 1.82) is 0 Å². The highest BCUT2D eigenvalue weighted by Gasteiger charge is 2.09. The van der Waals surface area contributed by atoms with Crippen LogP contribution in [0.1, 0.15) is 16.7 Å². The fraction of sp³-hybridized carbons (Fsp3) is 0.211. The van der Waals surface area contributed by atoms with Crippen molar-refractivity contribution in [2.24, 2.45) is 0 Å². The van der Waals surface area contributed by atoms with Gasteiger partial charge in [-0.05, 0) is 53.6 Å². The van der Waals surface area contributed by atoms with Crippen molar-refractivity contribution in [3.63, 3.8) is 0 Å². The van der Waals surface area contributed by atoms with Crippen molar-refractivity contribution in [1.82, 2.24) is 25.4 Å². The smallest absolute Gasteiger partial charge is 0.184 e. The van der Waals surface area contributed by atoms with Crippen molar-refractivity contribution in [2.75, 3.05) is 6.54 Å². The molecule has 0 saturated heterocycles. The van der Waals surface area contributed by atoms with Gasteiger partial charge in [0.15, 0.2) is 5.65 Å². The topological polar surface area (TPSA) is 55.1 Å². The molecule has 2 heterocycles. The SMILES string of the molecule is Cc1ccc2cc(CNCCc3ccccc3)c3nnnn3c2c1. The van der Waals surface area contributed by atoms with E-state index in [1.807, 2.05) is 10.6 Å². The average Bonchev–Trinajstić information content (AvgIpc) is 3.10. The average molecular weight is 317 g/mol. The van der Waals surface area contributed by atoms with E-state index < -0.39 is 0 Å². The summed E-state index contributed by atoms with van der Waals surface area (Å²) in [5, 5.41) is 16.9. The molecule has 0 radical (unpaired) electrons. The standard InChI is InChI=1S/C19H19N5/c1-14-7-8-16-12-17(19-21-22-23-24(19)18(16)11-14)13-20-10-9-15-5-3-2-4-6-15/h2-8,11-12,20H,9-10,13H2,1H3. The summed E-state index contributed by atoms with van der Waals surface area (Å²) in [4.78, 5) is 0. The predicted molar refractivity (Wildman–Crippen MR) is 94.9 cm³/mol. The van der Waals surface area contributed by atoms with E-state index in [1.165, 1.54) is 11.1 Å². The summed E-state index contributed by atoms with van der Waals surface area (Å²) in [6.07, 6.45) is 1.01. The third-order valence-electron chi connectivity index (χ3n) is 4.25. The van der Waals surface area contributed by atoms with Gasteiger partial charge < -0.3 is 5.32 Å². The summed E-state index contributed by atoms with van der Waals surface area (Å²) in [6.45, 7) is 3.75. The number of fused-ring (bicyclic) bond motifs is 3. The van der Waals surface area contributed by atoms with Crippen molar-refractivity contribution < 1.29 is 0 Å². The van der Waals surface area contributed by atoms with Gasteiger partial charge >= 0.3 is 0 Å². The highest BCUT2D eigenvalue weighted by Crippen LogP contribution is 2.20. The number of nitrogens with one attached hydrogen (secondary N) is 1. The van der Waals surface area contributed by atoms with Crippen LogP contribution in [0.15, 0.2) is 54.6 Å². The summed E-state index contributed by atoms with van der Waals surface area (Å²) < 4.78 is 1.83. The molecule has 0 atom stereocenters. The Balaban J connectivity index is 1.55.